The standard InChI is InChI=1S/C14H13N3O3/c18-13(5-4-10-6-8-15-9-7-10)17-12-3-1-2-11(16-12)14(19)20/h1-3,6-9H,4-5H2,(H,19,20)(H,16,17,18). The predicted molar refractivity (Wildman–Crippen MR) is 72.4 cm³/mol. The average molecular weight is 271 g/mol. The van der Waals surface area contributed by atoms with Crippen LogP contribution in [0.15, 0.2) is 42.7 Å². The molecule has 0 aliphatic heterocycles. The van der Waals surface area contributed by atoms with E-state index in [1.54, 1.807) is 18.5 Å². The first-order valence-electron chi connectivity index (χ1n) is 6.04. The van der Waals surface area contributed by atoms with E-state index in [1.807, 2.05) is 12.1 Å². The molecule has 0 bridgehead atoms. The molecule has 0 unspecified atom stereocenters. The lowest BCUT2D eigenvalue weighted by atomic mass is 10.1. The molecule has 1 amide bonds. The monoisotopic (exact) mass is 271 g/mol. The molecule has 20 heavy (non-hydrogen) atoms. The zero-order valence-electron chi connectivity index (χ0n) is 10.6. The van der Waals surface area contributed by atoms with Crippen molar-refractivity contribution in [1.82, 2.24) is 9.97 Å². The van der Waals surface area contributed by atoms with E-state index >= 15 is 0 Å². The van der Waals surface area contributed by atoms with Crippen molar-refractivity contribution in [3.05, 3.63) is 54.0 Å². The molecule has 0 aliphatic rings. The molecule has 6 heteroatoms. The van der Waals surface area contributed by atoms with Crippen molar-refractivity contribution in [3.63, 3.8) is 0 Å². The van der Waals surface area contributed by atoms with Gasteiger partial charge in [0, 0.05) is 18.8 Å². The van der Waals surface area contributed by atoms with Crippen molar-refractivity contribution in [2.24, 2.45) is 0 Å². The highest BCUT2D eigenvalue weighted by Gasteiger charge is 2.08. The Kier molecular flexibility index (Phi) is 4.39. The fourth-order valence-electron chi connectivity index (χ4n) is 1.64. The van der Waals surface area contributed by atoms with Crippen LogP contribution in [0.2, 0.25) is 0 Å². The van der Waals surface area contributed by atoms with Crippen molar-refractivity contribution in [3.8, 4) is 0 Å². The molecule has 2 N–H and O–H groups in total. The minimum absolute atomic E-state index is 0.100. The summed E-state index contributed by atoms with van der Waals surface area (Å²) in [6.07, 6.45) is 4.23. The fourth-order valence-corrected chi connectivity index (χ4v) is 1.64. The molecule has 0 saturated carbocycles. The summed E-state index contributed by atoms with van der Waals surface area (Å²) in [5.74, 6) is -1.10. The van der Waals surface area contributed by atoms with Gasteiger partial charge in [-0.25, -0.2) is 9.78 Å². The van der Waals surface area contributed by atoms with Gasteiger partial charge in [0.2, 0.25) is 5.91 Å². The van der Waals surface area contributed by atoms with Gasteiger partial charge < -0.3 is 10.4 Å². The Bertz CT molecular complexity index is 614. The molecule has 2 aromatic heterocycles. The SMILES string of the molecule is O=C(CCc1ccncc1)Nc1cccc(C(=O)O)n1. The second-order valence-corrected chi connectivity index (χ2v) is 4.12. The smallest absolute Gasteiger partial charge is 0.354 e. The third-order valence-corrected chi connectivity index (χ3v) is 2.63. The normalized spacial score (nSPS) is 10.0. The molecular weight excluding hydrogens is 258 g/mol. The van der Waals surface area contributed by atoms with Gasteiger partial charge in [-0.2, -0.15) is 0 Å². The van der Waals surface area contributed by atoms with Gasteiger partial charge in [0.25, 0.3) is 0 Å². The lowest BCUT2D eigenvalue weighted by Crippen LogP contribution is -2.14. The zero-order chi connectivity index (χ0) is 14.4. The van der Waals surface area contributed by atoms with E-state index in [9.17, 15) is 9.59 Å². The summed E-state index contributed by atoms with van der Waals surface area (Å²) in [4.78, 5) is 30.2. The summed E-state index contributed by atoms with van der Waals surface area (Å²) in [6.45, 7) is 0. The number of hydrogen-bond acceptors (Lipinski definition) is 4. The summed E-state index contributed by atoms with van der Waals surface area (Å²) in [6, 6.07) is 8.15. The first kappa shape index (κ1) is 13.7. The third kappa shape index (κ3) is 3.88. The molecular formula is C14H13N3O3. The molecule has 0 atom stereocenters. The Labute approximate surface area is 115 Å². The zero-order valence-corrected chi connectivity index (χ0v) is 10.6. The van der Waals surface area contributed by atoms with Gasteiger partial charge in [-0.15, -0.1) is 0 Å². The predicted octanol–water partition coefficient (Wildman–Crippen LogP) is 1.75. The first-order chi connectivity index (χ1) is 9.65. The van der Waals surface area contributed by atoms with E-state index in [4.69, 9.17) is 5.11 Å². The number of anilines is 1. The maximum absolute atomic E-state index is 11.8. The molecule has 2 rings (SSSR count). The number of hydrogen-bond donors (Lipinski definition) is 2. The summed E-state index contributed by atoms with van der Waals surface area (Å²) in [5.41, 5.74) is 0.916. The van der Waals surface area contributed by atoms with Crippen molar-refractivity contribution >= 4 is 17.7 Å². The van der Waals surface area contributed by atoms with Crippen LogP contribution in [-0.2, 0) is 11.2 Å². The number of aromatic carboxylic acids is 1. The Morgan fingerprint density at radius 3 is 2.60 bits per heavy atom. The van der Waals surface area contributed by atoms with Crippen LogP contribution in [0.5, 0.6) is 0 Å². The van der Waals surface area contributed by atoms with Gasteiger partial charge in [-0.05, 0) is 36.2 Å². The molecule has 0 spiro atoms. The molecule has 2 aromatic rings. The van der Waals surface area contributed by atoms with E-state index in [1.165, 1.54) is 12.1 Å². The number of carboxylic acid groups (broad SMARTS) is 1. The molecule has 6 nitrogen and oxygen atoms in total. The highest BCUT2D eigenvalue weighted by Crippen LogP contribution is 2.07. The average Bonchev–Trinajstić information content (AvgIpc) is 2.46. The number of carbonyl (C=O) groups is 2. The van der Waals surface area contributed by atoms with Gasteiger partial charge in [0.1, 0.15) is 5.82 Å². The number of aryl methyl sites for hydroxylation is 1. The molecule has 0 saturated heterocycles. The van der Waals surface area contributed by atoms with Crippen molar-refractivity contribution in [2.45, 2.75) is 12.8 Å². The minimum atomic E-state index is -1.13. The number of rotatable bonds is 5. The largest absolute Gasteiger partial charge is 0.477 e. The van der Waals surface area contributed by atoms with E-state index in [0.717, 1.165) is 5.56 Å². The van der Waals surface area contributed by atoms with Gasteiger partial charge in [-0.3, -0.25) is 9.78 Å². The van der Waals surface area contributed by atoms with Gasteiger partial charge >= 0.3 is 5.97 Å². The number of aromatic nitrogens is 2. The van der Waals surface area contributed by atoms with Crippen molar-refractivity contribution in [1.29, 1.82) is 0 Å². The number of amides is 1. The lowest BCUT2D eigenvalue weighted by Gasteiger charge is -2.05. The van der Waals surface area contributed by atoms with Crippen molar-refractivity contribution in [2.75, 3.05) is 5.32 Å². The van der Waals surface area contributed by atoms with E-state index < -0.39 is 5.97 Å². The molecule has 2 heterocycles. The number of nitrogens with zero attached hydrogens (tertiary/aromatic N) is 2. The topological polar surface area (TPSA) is 92.2 Å². The van der Waals surface area contributed by atoms with Crippen LogP contribution in [0.4, 0.5) is 5.82 Å². The Morgan fingerprint density at radius 1 is 1.15 bits per heavy atom. The number of nitrogens with one attached hydrogen (secondary N) is 1. The number of pyridine rings is 2. The summed E-state index contributed by atoms with van der Waals surface area (Å²) in [7, 11) is 0. The highest BCUT2D eigenvalue weighted by molar-refractivity contribution is 5.91. The van der Waals surface area contributed by atoms with Crippen LogP contribution < -0.4 is 5.32 Å². The first-order valence-corrected chi connectivity index (χ1v) is 6.04. The molecule has 0 aliphatic carbocycles. The van der Waals surface area contributed by atoms with Crippen molar-refractivity contribution < 1.29 is 14.7 Å². The van der Waals surface area contributed by atoms with Gasteiger partial charge in [-0.1, -0.05) is 6.07 Å². The fraction of sp³-hybridized carbons (Fsp3) is 0.143. The van der Waals surface area contributed by atoms with E-state index in [2.05, 4.69) is 15.3 Å². The Balaban J connectivity index is 1.91. The Morgan fingerprint density at radius 2 is 1.90 bits per heavy atom. The highest BCUT2D eigenvalue weighted by atomic mass is 16.4. The molecule has 0 radical (unpaired) electrons. The van der Waals surface area contributed by atoms with E-state index in [0.29, 0.717) is 12.8 Å². The maximum atomic E-state index is 11.8. The van der Waals surface area contributed by atoms with Crippen LogP contribution in [0.1, 0.15) is 22.5 Å². The Hall–Kier alpha value is -2.76. The van der Waals surface area contributed by atoms with Crippen LogP contribution in [-0.4, -0.2) is 27.0 Å². The molecule has 0 fully saturated rings. The van der Waals surface area contributed by atoms with Crippen LogP contribution in [0.25, 0.3) is 0 Å². The lowest BCUT2D eigenvalue weighted by molar-refractivity contribution is -0.116. The van der Waals surface area contributed by atoms with E-state index in [-0.39, 0.29) is 17.4 Å². The maximum Gasteiger partial charge on any atom is 0.354 e. The quantitative estimate of drug-likeness (QED) is 0.864. The third-order valence-electron chi connectivity index (χ3n) is 2.63. The summed E-state index contributed by atoms with van der Waals surface area (Å²) < 4.78 is 0. The minimum Gasteiger partial charge on any atom is -0.477 e. The van der Waals surface area contributed by atoms with Gasteiger partial charge in [0.05, 0.1) is 0 Å². The number of carbonyl (C=O) groups excluding carboxylic acids is 1. The second kappa shape index (κ2) is 6.42. The van der Waals surface area contributed by atoms with Gasteiger partial charge in [0.15, 0.2) is 5.69 Å². The molecule has 0 aromatic carbocycles. The van der Waals surface area contributed by atoms with Crippen LogP contribution >= 0.6 is 0 Å². The second-order valence-electron chi connectivity index (χ2n) is 4.12. The van der Waals surface area contributed by atoms with Crippen LogP contribution in [0, 0.1) is 0 Å². The summed E-state index contributed by atoms with van der Waals surface area (Å²) >= 11 is 0. The number of carboxylic acids is 1. The molecule has 102 valence electrons. The summed E-state index contributed by atoms with van der Waals surface area (Å²) in [5, 5.41) is 11.4. The van der Waals surface area contributed by atoms with Crippen LogP contribution in [0.3, 0.4) is 0 Å².